The van der Waals surface area contributed by atoms with Crippen LogP contribution >= 0.6 is 0 Å². The van der Waals surface area contributed by atoms with Crippen molar-refractivity contribution in [1.82, 2.24) is 4.72 Å². The number of aryl methyl sites for hydroxylation is 1. The van der Waals surface area contributed by atoms with Gasteiger partial charge < -0.3 is 10.1 Å². The lowest BCUT2D eigenvalue weighted by molar-refractivity contribution is -0.116. The number of carbonyl (C=O) groups is 1. The third kappa shape index (κ3) is 5.81. The first kappa shape index (κ1) is 21.9. The minimum atomic E-state index is -3.68. The lowest BCUT2D eigenvalue weighted by Crippen LogP contribution is -2.28. The normalized spacial score (nSPS) is 11.5. The van der Waals surface area contributed by atoms with E-state index in [0.29, 0.717) is 12.4 Å². The van der Waals surface area contributed by atoms with E-state index in [9.17, 15) is 13.2 Å². The van der Waals surface area contributed by atoms with Crippen LogP contribution in [0.25, 0.3) is 0 Å². The summed E-state index contributed by atoms with van der Waals surface area (Å²) in [4.78, 5) is 12.5. The minimum absolute atomic E-state index is 0.0181. The number of anilines is 1. The van der Waals surface area contributed by atoms with Gasteiger partial charge >= 0.3 is 0 Å². The lowest BCUT2D eigenvalue weighted by atomic mass is 9.98. The Balaban J connectivity index is 1.95. The fraction of sp³-hybridized carbons (Fsp3) is 0.381. The summed E-state index contributed by atoms with van der Waals surface area (Å²) in [7, 11) is -3.68. The molecule has 0 heterocycles. The van der Waals surface area contributed by atoms with Crippen LogP contribution in [-0.4, -0.2) is 27.5 Å². The van der Waals surface area contributed by atoms with E-state index >= 15 is 0 Å². The van der Waals surface area contributed by atoms with Gasteiger partial charge in [0.2, 0.25) is 15.9 Å². The van der Waals surface area contributed by atoms with E-state index < -0.39 is 10.0 Å². The molecular formula is C21H28N2O4S. The molecule has 1 amide bonds. The van der Waals surface area contributed by atoms with Crippen LogP contribution < -0.4 is 14.8 Å². The van der Waals surface area contributed by atoms with Crippen molar-refractivity contribution < 1.29 is 17.9 Å². The minimum Gasteiger partial charge on any atom is -0.494 e. The molecule has 0 fully saturated rings. The van der Waals surface area contributed by atoms with Gasteiger partial charge in [-0.05, 0) is 55.2 Å². The van der Waals surface area contributed by atoms with Gasteiger partial charge in [-0.1, -0.05) is 32.0 Å². The predicted molar refractivity (Wildman–Crippen MR) is 111 cm³/mol. The number of rotatable bonds is 9. The zero-order valence-electron chi connectivity index (χ0n) is 16.8. The number of hydrogen-bond donors (Lipinski definition) is 2. The number of hydrogen-bond acceptors (Lipinski definition) is 4. The smallest absolute Gasteiger partial charge is 0.240 e. The number of nitrogens with one attached hydrogen (secondary N) is 2. The van der Waals surface area contributed by atoms with Gasteiger partial charge in [0.15, 0.2) is 0 Å². The summed E-state index contributed by atoms with van der Waals surface area (Å²) in [5.41, 5.74) is 2.84. The van der Waals surface area contributed by atoms with Gasteiger partial charge in [0.25, 0.3) is 0 Å². The number of carbonyl (C=O) groups excluding carboxylic acids is 1. The fourth-order valence-corrected chi connectivity index (χ4v) is 3.84. The van der Waals surface area contributed by atoms with E-state index in [1.54, 1.807) is 12.1 Å². The summed E-state index contributed by atoms with van der Waals surface area (Å²) in [6.45, 7) is 8.46. The van der Waals surface area contributed by atoms with Crippen molar-refractivity contribution in [1.29, 1.82) is 0 Å². The number of benzene rings is 2. The summed E-state index contributed by atoms with van der Waals surface area (Å²) in [6.07, 6.45) is 0.0438. The zero-order valence-corrected chi connectivity index (χ0v) is 17.6. The first-order valence-electron chi connectivity index (χ1n) is 9.36. The van der Waals surface area contributed by atoms with E-state index in [0.717, 1.165) is 16.8 Å². The maximum absolute atomic E-state index is 12.4. The quantitative estimate of drug-likeness (QED) is 0.665. The van der Waals surface area contributed by atoms with Crippen molar-refractivity contribution in [2.24, 2.45) is 0 Å². The van der Waals surface area contributed by atoms with Crippen LogP contribution in [0, 0.1) is 6.92 Å². The zero-order chi connectivity index (χ0) is 20.7. The van der Waals surface area contributed by atoms with Crippen molar-refractivity contribution in [3.8, 4) is 5.75 Å². The van der Waals surface area contributed by atoms with Crippen molar-refractivity contribution >= 4 is 21.6 Å². The molecule has 0 spiro atoms. The first-order chi connectivity index (χ1) is 13.2. The Morgan fingerprint density at radius 3 is 2.39 bits per heavy atom. The number of amides is 1. The van der Waals surface area contributed by atoms with Crippen LogP contribution in [0.3, 0.4) is 0 Å². The molecule has 0 unspecified atom stereocenters. The van der Waals surface area contributed by atoms with Gasteiger partial charge in [0.05, 0.1) is 11.5 Å². The number of ether oxygens (including phenoxy) is 1. The first-order valence-corrected chi connectivity index (χ1v) is 10.8. The van der Waals surface area contributed by atoms with E-state index in [1.807, 2.05) is 32.0 Å². The van der Waals surface area contributed by atoms with Gasteiger partial charge in [-0.3, -0.25) is 4.79 Å². The monoisotopic (exact) mass is 404 g/mol. The molecule has 0 aliphatic heterocycles. The molecule has 0 atom stereocenters. The van der Waals surface area contributed by atoms with Crippen LogP contribution in [0.2, 0.25) is 0 Å². The van der Waals surface area contributed by atoms with Crippen molar-refractivity contribution in [3.63, 3.8) is 0 Å². The second-order valence-electron chi connectivity index (χ2n) is 6.79. The third-order valence-corrected chi connectivity index (χ3v) is 5.76. The highest BCUT2D eigenvalue weighted by Gasteiger charge is 2.16. The SMILES string of the molecule is CCOc1ccc(S(=O)(=O)NCCC(=O)Nc2c(C)cccc2C(C)C)cc1. The van der Waals surface area contributed by atoms with Crippen molar-refractivity contribution in [2.45, 2.75) is 44.9 Å². The summed E-state index contributed by atoms with van der Waals surface area (Å²) in [5.74, 6) is 0.652. The van der Waals surface area contributed by atoms with Crippen molar-refractivity contribution in [2.75, 3.05) is 18.5 Å². The fourth-order valence-electron chi connectivity index (χ4n) is 2.81. The van der Waals surface area contributed by atoms with Gasteiger partial charge in [0, 0.05) is 18.7 Å². The Hall–Kier alpha value is -2.38. The highest BCUT2D eigenvalue weighted by Crippen LogP contribution is 2.27. The molecule has 6 nitrogen and oxygen atoms in total. The molecule has 2 aromatic rings. The molecule has 0 radical (unpaired) electrons. The average Bonchev–Trinajstić information content (AvgIpc) is 2.64. The van der Waals surface area contributed by atoms with E-state index in [-0.39, 0.29) is 29.7 Å². The molecule has 0 saturated heterocycles. The standard InChI is InChI=1S/C21H28N2O4S/c1-5-27-17-9-11-18(12-10-17)28(25,26)22-14-13-20(24)23-21-16(4)7-6-8-19(21)15(2)3/h6-12,15,22H,5,13-14H2,1-4H3,(H,23,24). The number of sulfonamides is 1. The Bertz CT molecular complexity index is 907. The second-order valence-corrected chi connectivity index (χ2v) is 8.56. The third-order valence-electron chi connectivity index (χ3n) is 4.28. The molecular weight excluding hydrogens is 376 g/mol. The van der Waals surface area contributed by atoms with Gasteiger partial charge in [-0.15, -0.1) is 0 Å². The van der Waals surface area contributed by atoms with Gasteiger partial charge in [-0.2, -0.15) is 0 Å². The van der Waals surface area contributed by atoms with Crippen molar-refractivity contribution in [3.05, 3.63) is 53.6 Å². The summed E-state index contributed by atoms with van der Waals surface area (Å²) >= 11 is 0. The predicted octanol–water partition coefficient (Wildman–Crippen LogP) is 3.82. The maximum atomic E-state index is 12.4. The highest BCUT2D eigenvalue weighted by atomic mass is 32.2. The highest BCUT2D eigenvalue weighted by molar-refractivity contribution is 7.89. The largest absolute Gasteiger partial charge is 0.494 e. The van der Waals surface area contributed by atoms with Crippen LogP contribution in [-0.2, 0) is 14.8 Å². The van der Waals surface area contributed by atoms with Crippen LogP contribution in [0.4, 0.5) is 5.69 Å². The molecule has 0 aliphatic carbocycles. The van der Waals surface area contributed by atoms with Crippen LogP contribution in [0.1, 0.15) is 44.2 Å². The maximum Gasteiger partial charge on any atom is 0.240 e. The molecule has 2 rings (SSSR count). The molecule has 7 heteroatoms. The summed E-state index contributed by atoms with van der Waals surface area (Å²) in [5, 5.41) is 2.92. The van der Waals surface area contributed by atoms with Crippen LogP contribution in [0.15, 0.2) is 47.4 Å². The molecule has 28 heavy (non-hydrogen) atoms. The average molecular weight is 405 g/mol. The second kappa shape index (κ2) is 9.71. The Morgan fingerprint density at radius 1 is 1.11 bits per heavy atom. The summed E-state index contributed by atoms with van der Waals surface area (Å²) < 4.78 is 32.5. The Kier molecular flexibility index (Phi) is 7.60. The van der Waals surface area contributed by atoms with Gasteiger partial charge in [-0.25, -0.2) is 13.1 Å². The summed E-state index contributed by atoms with van der Waals surface area (Å²) in [6, 6.07) is 12.1. The molecule has 0 aromatic heterocycles. The van der Waals surface area contributed by atoms with Crippen LogP contribution in [0.5, 0.6) is 5.75 Å². The lowest BCUT2D eigenvalue weighted by Gasteiger charge is -2.16. The van der Waals surface area contributed by atoms with E-state index in [1.165, 1.54) is 12.1 Å². The topological polar surface area (TPSA) is 84.5 Å². The van der Waals surface area contributed by atoms with E-state index in [4.69, 9.17) is 4.74 Å². The molecule has 152 valence electrons. The van der Waals surface area contributed by atoms with Gasteiger partial charge in [0.1, 0.15) is 5.75 Å². The Labute approximate surface area is 167 Å². The number of para-hydroxylation sites is 1. The molecule has 2 aromatic carbocycles. The molecule has 0 saturated carbocycles. The molecule has 0 aliphatic rings. The Morgan fingerprint density at radius 2 is 1.79 bits per heavy atom. The molecule has 2 N–H and O–H groups in total. The molecule has 0 bridgehead atoms. The van der Waals surface area contributed by atoms with E-state index in [2.05, 4.69) is 23.9 Å².